The van der Waals surface area contributed by atoms with Crippen molar-refractivity contribution in [3.63, 3.8) is 0 Å². The maximum atomic E-state index is 5.75. The normalized spacial score (nSPS) is 17.4. The van der Waals surface area contributed by atoms with Gasteiger partial charge in [-0.15, -0.1) is 0 Å². The summed E-state index contributed by atoms with van der Waals surface area (Å²) in [6.45, 7) is 0. The average molecular weight is 312 g/mol. The van der Waals surface area contributed by atoms with Gasteiger partial charge in [0.1, 0.15) is 0 Å². The van der Waals surface area contributed by atoms with Gasteiger partial charge in [0.15, 0.2) is 0 Å². The van der Waals surface area contributed by atoms with E-state index in [4.69, 9.17) is 5.73 Å². The molecule has 0 unspecified atom stereocenters. The van der Waals surface area contributed by atoms with Crippen molar-refractivity contribution >= 4 is 0 Å². The maximum Gasteiger partial charge on any atom is 0 e. The second-order valence-corrected chi connectivity index (χ2v) is 2.47. The van der Waals surface area contributed by atoms with Gasteiger partial charge in [0.05, 0.1) is 0 Å². The van der Waals surface area contributed by atoms with Gasteiger partial charge in [-0.3, -0.25) is 0 Å². The summed E-state index contributed by atoms with van der Waals surface area (Å²) in [5.74, 6) is 0. The molecule has 0 saturated heterocycles. The van der Waals surface area contributed by atoms with E-state index in [1.54, 1.807) is 0 Å². The molecule has 1 fully saturated rings. The standard InChI is InChI=1S/C7H14.CH4N.W/c1-2-4-6-7-5-3-1;1-2;/h1-7H2;2H,1H3;/q;-1;. The molecule has 0 heterocycles. The van der Waals surface area contributed by atoms with Crippen LogP contribution in [0.2, 0.25) is 0 Å². The van der Waals surface area contributed by atoms with Crippen LogP contribution in [0.4, 0.5) is 0 Å². The van der Waals surface area contributed by atoms with Crippen molar-refractivity contribution in [1.29, 1.82) is 0 Å². The summed E-state index contributed by atoms with van der Waals surface area (Å²) < 4.78 is 0. The predicted octanol–water partition coefficient (Wildman–Crippen LogP) is 3.40. The van der Waals surface area contributed by atoms with Gasteiger partial charge in [0, 0.05) is 21.1 Å². The Hall–Kier alpha value is 0.648. The third-order valence-electron chi connectivity index (χ3n) is 1.75. The first-order chi connectivity index (χ1) is 4.50. The number of hydrogen-bond acceptors (Lipinski definition) is 0. The van der Waals surface area contributed by atoms with Crippen LogP contribution in [0.25, 0.3) is 5.73 Å². The minimum atomic E-state index is 0. The molecular formula is C8H18NW-. The second kappa shape index (κ2) is 12.3. The van der Waals surface area contributed by atoms with Crippen LogP contribution in [0.15, 0.2) is 0 Å². The van der Waals surface area contributed by atoms with Crippen molar-refractivity contribution in [2.24, 2.45) is 0 Å². The van der Waals surface area contributed by atoms with Gasteiger partial charge in [-0.05, 0) is 0 Å². The first kappa shape index (κ1) is 13.3. The molecule has 0 amide bonds. The van der Waals surface area contributed by atoms with Crippen molar-refractivity contribution in [3.05, 3.63) is 5.73 Å². The molecule has 0 aliphatic heterocycles. The van der Waals surface area contributed by atoms with Gasteiger partial charge in [0.25, 0.3) is 0 Å². The summed E-state index contributed by atoms with van der Waals surface area (Å²) in [4.78, 5) is 0. The van der Waals surface area contributed by atoms with Crippen molar-refractivity contribution in [2.75, 3.05) is 7.05 Å². The Balaban J connectivity index is 0. The van der Waals surface area contributed by atoms with Crippen LogP contribution < -0.4 is 0 Å². The Kier molecular flexibility index (Phi) is 16.3. The molecule has 0 aromatic carbocycles. The molecule has 1 rings (SSSR count). The summed E-state index contributed by atoms with van der Waals surface area (Å²) in [7, 11) is 1.25. The molecule has 10 heavy (non-hydrogen) atoms. The maximum absolute atomic E-state index is 5.75. The van der Waals surface area contributed by atoms with Crippen LogP contribution >= 0.6 is 0 Å². The number of hydrogen-bond donors (Lipinski definition) is 0. The molecule has 0 atom stereocenters. The largest absolute Gasteiger partial charge is 0.680 e. The van der Waals surface area contributed by atoms with E-state index in [0.29, 0.717) is 0 Å². The molecule has 0 bridgehead atoms. The summed E-state index contributed by atoms with van der Waals surface area (Å²) in [5, 5.41) is 0. The van der Waals surface area contributed by atoms with E-state index in [2.05, 4.69) is 0 Å². The van der Waals surface area contributed by atoms with Crippen molar-refractivity contribution < 1.29 is 21.1 Å². The van der Waals surface area contributed by atoms with Gasteiger partial charge in [-0.1, -0.05) is 44.9 Å². The Morgan fingerprint density at radius 3 is 0.800 bits per heavy atom. The third-order valence-corrected chi connectivity index (χ3v) is 1.75. The zero-order valence-electron chi connectivity index (χ0n) is 6.86. The van der Waals surface area contributed by atoms with Crippen LogP contribution in [-0.4, -0.2) is 7.05 Å². The number of nitrogens with one attached hydrogen (secondary N) is 1. The molecule has 1 nitrogen and oxygen atoms in total. The number of rotatable bonds is 0. The molecule has 62 valence electrons. The Bertz CT molecular complexity index is 28.9. The van der Waals surface area contributed by atoms with Gasteiger partial charge in [-0.25, -0.2) is 0 Å². The SMILES string of the molecule is C1CCCCCC1.C[NH-].[W]. The fourth-order valence-corrected chi connectivity index (χ4v) is 1.24. The van der Waals surface area contributed by atoms with Crippen LogP contribution in [0.5, 0.6) is 0 Å². The molecule has 1 saturated carbocycles. The fraction of sp³-hybridized carbons (Fsp3) is 1.00. The quantitative estimate of drug-likeness (QED) is 0.612. The monoisotopic (exact) mass is 312 g/mol. The van der Waals surface area contributed by atoms with Crippen molar-refractivity contribution in [2.45, 2.75) is 44.9 Å². The van der Waals surface area contributed by atoms with E-state index in [1.807, 2.05) is 0 Å². The summed E-state index contributed by atoms with van der Waals surface area (Å²) in [6.07, 6.45) is 10.5. The van der Waals surface area contributed by atoms with E-state index in [-0.39, 0.29) is 21.1 Å². The zero-order valence-corrected chi connectivity index (χ0v) is 9.79. The van der Waals surface area contributed by atoms with Crippen molar-refractivity contribution in [1.82, 2.24) is 0 Å². The molecular weight excluding hydrogens is 294 g/mol. The van der Waals surface area contributed by atoms with E-state index in [1.165, 1.54) is 52.0 Å². The van der Waals surface area contributed by atoms with E-state index >= 15 is 0 Å². The van der Waals surface area contributed by atoms with Crippen LogP contribution in [0.3, 0.4) is 0 Å². The zero-order chi connectivity index (χ0) is 6.95. The molecule has 1 aliphatic carbocycles. The fourth-order valence-electron chi connectivity index (χ4n) is 1.24. The molecule has 1 N–H and O–H groups in total. The van der Waals surface area contributed by atoms with E-state index < -0.39 is 0 Å². The van der Waals surface area contributed by atoms with Gasteiger partial charge >= 0.3 is 0 Å². The summed E-state index contributed by atoms with van der Waals surface area (Å²) in [6, 6.07) is 0. The Morgan fingerprint density at radius 1 is 0.600 bits per heavy atom. The predicted molar refractivity (Wildman–Crippen MR) is 42.6 cm³/mol. The third kappa shape index (κ3) is 8.65. The first-order valence-corrected chi connectivity index (χ1v) is 4.00. The van der Waals surface area contributed by atoms with Gasteiger partial charge < -0.3 is 5.73 Å². The van der Waals surface area contributed by atoms with Crippen LogP contribution in [0, 0.1) is 0 Å². The molecule has 2 heteroatoms. The van der Waals surface area contributed by atoms with Crippen LogP contribution in [0.1, 0.15) is 44.9 Å². The molecule has 0 aromatic rings. The topological polar surface area (TPSA) is 23.8 Å². The molecule has 1 aliphatic rings. The molecule has 0 aromatic heterocycles. The average Bonchev–Trinajstić information content (AvgIpc) is 2.21. The van der Waals surface area contributed by atoms with Crippen molar-refractivity contribution in [3.8, 4) is 0 Å². The smallest absolute Gasteiger partial charge is 0 e. The van der Waals surface area contributed by atoms with Crippen LogP contribution in [-0.2, 0) is 21.1 Å². The minimum Gasteiger partial charge on any atom is -0.680 e. The van der Waals surface area contributed by atoms with E-state index in [9.17, 15) is 0 Å². The van der Waals surface area contributed by atoms with E-state index in [0.717, 1.165) is 0 Å². The summed E-state index contributed by atoms with van der Waals surface area (Å²) >= 11 is 0. The summed E-state index contributed by atoms with van der Waals surface area (Å²) in [5.41, 5.74) is 5.75. The second-order valence-electron chi connectivity index (χ2n) is 2.47. The minimum absolute atomic E-state index is 0. The first-order valence-electron chi connectivity index (χ1n) is 4.00. The Labute approximate surface area is 79.0 Å². The Morgan fingerprint density at radius 2 is 0.700 bits per heavy atom. The van der Waals surface area contributed by atoms with Gasteiger partial charge in [0.2, 0.25) is 0 Å². The van der Waals surface area contributed by atoms with Gasteiger partial charge in [-0.2, -0.15) is 7.05 Å². The molecule has 0 spiro atoms. The molecule has 0 radical (unpaired) electrons.